The van der Waals surface area contributed by atoms with Gasteiger partial charge in [-0.15, -0.1) is 11.3 Å². The van der Waals surface area contributed by atoms with E-state index in [1.54, 1.807) is 30.3 Å². The molecule has 1 atom stereocenters. The van der Waals surface area contributed by atoms with Crippen LogP contribution in [0, 0.1) is 0 Å². The van der Waals surface area contributed by atoms with Gasteiger partial charge in [-0.1, -0.05) is 0 Å². The lowest BCUT2D eigenvalue weighted by atomic mass is 10.2. The van der Waals surface area contributed by atoms with E-state index < -0.39 is 0 Å². The molecule has 0 aliphatic heterocycles. The molecule has 1 rings (SSSR count). The third-order valence-corrected chi connectivity index (χ3v) is 4.10. The van der Waals surface area contributed by atoms with Crippen molar-refractivity contribution in [1.82, 2.24) is 9.80 Å². The summed E-state index contributed by atoms with van der Waals surface area (Å²) in [4.78, 5) is 16.7. The second-order valence-corrected chi connectivity index (χ2v) is 6.58. The first-order valence-electron chi connectivity index (χ1n) is 5.07. The molecule has 0 aromatic carbocycles. The van der Waals surface area contributed by atoms with Gasteiger partial charge in [-0.3, -0.25) is 9.69 Å². The topological polar surface area (TPSA) is 23.6 Å². The Morgan fingerprint density at radius 1 is 1.44 bits per heavy atom. The lowest BCUT2D eigenvalue weighted by molar-refractivity contribution is -0.133. The van der Waals surface area contributed by atoms with Crippen LogP contribution in [0.3, 0.4) is 0 Å². The summed E-state index contributed by atoms with van der Waals surface area (Å²) in [6.45, 7) is 2.74. The van der Waals surface area contributed by atoms with Crippen molar-refractivity contribution < 1.29 is 4.79 Å². The Morgan fingerprint density at radius 3 is 2.50 bits per heavy atom. The maximum atomic E-state index is 11.8. The molecule has 1 unspecified atom stereocenters. The summed E-state index contributed by atoms with van der Waals surface area (Å²) >= 11 is 5.14. The van der Waals surface area contributed by atoms with E-state index in [2.05, 4.69) is 26.9 Å². The van der Waals surface area contributed by atoms with Gasteiger partial charge in [0, 0.05) is 25.5 Å². The molecule has 0 saturated heterocycles. The molecule has 0 radical (unpaired) electrons. The van der Waals surface area contributed by atoms with Crippen molar-refractivity contribution in [3.63, 3.8) is 0 Å². The number of hydrogen-bond acceptors (Lipinski definition) is 3. The van der Waals surface area contributed by atoms with Gasteiger partial charge < -0.3 is 4.90 Å². The standard InChI is InChI=1S/C11H17BrN2OS/c1-8(11(15)13(2)3)14(4)7-9-5-6-10(12)16-9/h5-6,8H,7H2,1-4H3. The van der Waals surface area contributed by atoms with Crippen LogP contribution in [0.5, 0.6) is 0 Å². The van der Waals surface area contributed by atoms with Crippen LogP contribution in [-0.2, 0) is 11.3 Å². The molecule has 0 fully saturated rings. The van der Waals surface area contributed by atoms with Gasteiger partial charge in [-0.2, -0.15) is 0 Å². The van der Waals surface area contributed by atoms with Crippen molar-refractivity contribution in [2.75, 3.05) is 21.1 Å². The summed E-state index contributed by atoms with van der Waals surface area (Å²) in [6.07, 6.45) is 0. The predicted octanol–water partition coefficient (Wildman–Crippen LogP) is 2.42. The minimum Gasteiger partial charge on any atom is -0.347 e. The molecular weight excluding hydrogens is 288 g/mol. The van der Waals surface area contributed by atoms with E-state index in [4.69, 9.17) is 0 Å². The minimum atomic E-state index is -0.0872. The maximum Gasteiger partial charge on any atom is 0.239 e. The van der Waals surface area contributed by atoms with Gasteiger partial charge in [0.1, 0.15) is 0 Å². The van der Waals surface area contributed by atoms with Crippen LogP contribution in [-0.4, -0.2) is 42.9 Å². The zero-order valence-corrected chi connectivity index (χ0v) is 12.4. The predicted molar refractivity (Wildman–Crippen MR) is 71.6 cm³/mol. The Morgan fingerprint density at radius 2 is 2.06 bits per heavy atom. The average molecular weight is 305 g/mol. The molecule has 3 nitrogen and oxygen atoms in total. The van der Waals surface area contributed by atoms with Crippen molar-refractivity contribution in [3.05, 3.63) is 20.8 Å². The third-order valence-electron chi connectivity index (χ3n) is 2.49. The monoisotopic (exact) mass is 304 g/mol. The molecule has 16 heavy (non-hydrogen) atoms. The van der Waals surface area contributed by atoms with Gasteiger partial charge >= 0.3 is 0 Å². The number of halogens is 1. The average Bonchev–Trinajstić information content (AvgIpc) is 2.61. The zero-order chi connectivity index (χ0) is 12.3. The van der Waals surface area contributed by atoms with Gasteiger partial charge in [-0.25, -0.2) is 0 Å². The van der Waals surface area contributed by atoms with E-state index in [1.807, 2.05) is 20.0 Å². The highest BCUT2D eigenvalue weighted by Gasteiger charge is 2.19. The number of hydrogen-bond donors (Lipinski definition) is 0. The summed E-state index contributed by atoms with van der Waals surface area (Å²) in [5, 5.41) is 0. The number of nitrogens with zero attached hydrogens (tertiary/aromatic N) is 2. The first-order valence-corrected chi connectivity index (χ1v) is 6.68. The second kappa shape index (κ2) is 5.80. The fourth-order valence-corrected chi connectivity index (χ4v) is 2.93. The Kier molecular flexibility index (Phi) is 4.95. The molecule has 0 aliphatic carbocycles. The molecule has 1 aromatic heterocycles. The largest absolute Gasteiger partial charge is 0.347 e. The molecule has 5 heteroatoms. The lowest BCUT2D eigenvalue weighted by Crippen LogP contribution is -2.42. The van der Waals surface area contributed by atoms with Crippen molar-refractivity contribution in [3.8, 4) is 0 Å². The molecule has 0 N–H and O–H groups in total. The Bertz CT molecular complexity index is 365. The van der Waals surface area contributed by atoms with Crippen molar-refractivity contribution >= 4 is 33.2 Å². The lowest BCUT2D eigenvalue weighted by Gasteiger charge is -2.25. The maximum absolute atomic E-state index is 11.8. The fourth-order valence-electron chi connectivity index (χ4n) is 1.38. The normalized spacial score (nSPS) is 12.9. The first-order chi connectivity index (χ1) is 7.41. The van der Waals surface area contributed by atoms with Gasteiger partial charge in [0.05, 0.1) is 9.83 Å². The van der Waals surface area contributed by atoms with Crippen LogP contribution in [0.2, 0.25) is 0 Å². The van der Waals surface area contributed by atoms with E-state index in [0.29, 0.717) is 0 Å². The van der Waals surface area contributed by atoms with Gasteiger partial charge in [0.2, 0.25) is 5.91 Å². The van der Waals surface area contributed by atoms with Crippen LogP contribution < -0.4 is 0 Å². The molecule has 1 heterocycles. The highest BCUT2D eigenvalue weighted by Crippen LogP contribution is 2.23. The quantitative estimate of drug-likeness (QED) is 0.853. The number of carbonyl (C=O) groups excluding carboxylic acids is 1. The number of likely N-dealkylation sites (N-methyl/N-ethyl adjacent to an activating group) is 2. The number of carbonyl (C=O) groups is 1. The Hall–Kier alpha value is -0.390. The third kappa shape index (κ3) is 3.57. The summed E-state index contributed by atoms with van der Waals surface area (Å²) in [5.41, 5.74) is 0. The minimum absolute atomic E-state index is 0.0872. The van der Waals surface area contributed by atoms with E-state index in [9.17, 15) is 4.79 Å². The zero-order valence-electron chi connectivity index (χ0n) is 10.0. The van der Waals surface area contributed by atoms with E-state index >= 15 is 0 Å². The van der Waals surface area contributed by atoms with E-state index in [-0.39, 0.29) is 11.9 Å². The molecule has 0 bridgehead atoms. The van der Waals surface area contributed by atoms with Crippen LogP contribution in [0.15, 0.2) is 15.9 Å². The molecule has 0 saturated carbocycles. The number of thiophene rings is 1. The van der Waals surface area contributed by atoms with E-state index in [0.717, 1.165) is 10.3 Å². The van der Waals surface area contributed by atoms with Crippen LogP contribution in [0.4, 0.5) is 0 Å². The van der Waals surface area contributed by atoms with Gasteiger partial charge in [-0.05, 0) is 42.0 Å². The fraction of sp³-hybridized carbons (Fsp3) is 0.545. The molecular formula is C11H17BrN2OS. The van der Waals surface area contributed by atoms with Crippen LogP contribution in [0.25, 0.3) is 0 Å². The SMILES string of the molecule is CC(C(=O)N(C)C)N(C)Cc1ccc(Br)s1. The second-order valence-electron chi connectivity index (χ2n) is 4.03. The number of rotatable bonds is 4. The smallest absolute Gasteiger partial charge is 0.239 e. The van der Waals surface area contributed by atoms with Gasteiger partial charge in [0.15, 0.2) is 0 Å². The van der Waals surface area contributed by atoms with Crippen molar-refractivity contribution in [2.45, 2.75) is 19.5 Å². The number of amides is 1. The molecule has 1 amide bonds. The molecule has 0 spiro atoms. The molecule has 90 valence electrons. The summed E-state index contributed by atoms with van der Waals surface area (Å²) < 4.78 is 1.13. The first kappa shape index (κ1) is 13.7. The van der Waals surface area contributed by atoms with Crippen molar-refractivity contribution in [2.24, 2.45) is 0 Å². The van der Waals surface area contributed by atoms with E-state index in [1.165, 1.54) is 4.88 Å². The van der Waals surface area contributed by atoms with Crippen LogP contribution >= 0.6 is 27.3 Å². The summed E-state index contributed by atoms with van der Waals surface area (Å²) in [6, 6.07) is 4.03. The highest BCUT2D eigenvalue weighted by molar-refractivity contribution is 9.11. The Labute approximate surface area is 109 Å². The highest BCUT2D eigenvalue weighted by atomic mass is 79.9. The van der Waals surface area contributed by atoms with Crippen LogP contribution in [0.1, 0.15) is 11.8 Å². The van der Waals surface area contributed by atoms with Crippen molar-refractivity contribution in [1.29, 1.82) is 0 Å². The Balaban J connectivity index is 2.58. The summed E-state index contributed by atoms with van der Waals surface area (Å²) in [5.74, 6) is 0.137. The van der Waals surface area contributed by atoms with Gasteiger partial charge in [0.25, 0.3) is 0 Å². The molecule has 1 aromatic rings. The summed E-state index contributed by atoms with van der Waals surface area (Å²) in [7, 11) is 5.54. The molecule has 0 aliphatic rings.